The number of hydrogen-bond donors (Lipinski definition) is 0. The zero-order valence-corrected chi connectivity index (χ0v) is 8.36. The number of morpholine rings is 1. The molecule has 0 spiro atoms. The summed E-state index contributed by atoms with van der Waals surface area (Å²) in [6.45, 7) is -0.237. The average molecular weight is 243 g/mol. The number of halogens is 3. The van der Waals surface area contributed by atoms with E-state index >= 15 is 0 Å². The fraction of sp³-hybridized carbons (Fsp3) is 0.714. The van der Waals surface area contributed by atoms with Crippen LogP contribution in [-0.4, -0.2) is 47.7 Å². The Labute approximate surface area is 87.7 Å². The SMILES string of the molecule is O=C1CN(CCSC(F)(F)F)CC(=O)O1. The summed E-state index contributed by atoms with van der Waals surface area (Å²) in [5, 5.41) is 0. The molecule has 1 aliphatic rings. The van der Waals surface area contributed by atoms with Crippen LogP contribution in [-0.2, 0) is 14.3 Å². The predicted molar refractivity (Wildman–Crippen MR) is 46.1 cm³/mol. The summed E-state index contributed by atoms with van der Waals surface area (Å²) in [6.07, 6.45) is 0. The van der Waals surface area contributed by atoms with Crippen molar-refractivity contribution in [2.24, 2.45) is 0 Å². The van der Waals surface area contributed by atoms with Crippen LogP contribution in [0.2, 0.25) is 0 Å². The minimum absolute atomic E-state index is 0.0328. The van der Waals surface area contributed by atoms with E-state index < -0.39 is 17.4 Å². The van der Waals surface area contributed by atoms with Gasteiger partial charge in [-0.2, -0.15) is 13.2 Å². The molecule has 0 bridgehead atoms. The summed E-state index contributed by atoms with van der Waals surface area (Å²) in [4.78, 5) is 22.8. The molecule has 0 unspecified atom stereocenters. The third-order valence-electron chi connectivity index (χ3n) is 1.61. The Morgan fingerprint density at radius 3 is 2.27 bits per heavy atom. The molecule has 0 aliphatic carbocycles. The van der Waals surface area contributed by atoms with Crippen molar-refractivity contribution in [1.82, 2.24) is 4.90 Å². The number of carbonyl (C=O) groups is 2. The van der Waals surface area contributed by atoms with Gasteiger partial charge in [0.25, 0.3) is 0 Å². The number of rotatable bonds is 3. The summed E-state index contributed by atoms with van der Waals surface area (Å²) >= 11 is -0.175. The molecule has 0 saturated carbocycles. The first-order chi connectivity index (χ1) is 6.87. The van der Waals surface area contributed by atoms with E-state index in [1.54, 1.807) is 0 Å². The van der Waals surface area contributed by atoms with E-state index in [-0.39, 0.29) is 37.1 Å². The van der Waals surface area contributed by atoms with Gasteiger partial charge in [-0.15, -0.1) is 0 Å². The fourth-order valence-corrected chi connectivity index (χ4v) is 1.64. The molecule has 1 aliphatic heterocycles. The lowest BCUT2D eigenvalue weighted by Gasteiger charge is -2.23. The molecule has 15 heavy (non-hydrogen) atoms. The molecule has 1 rings (SSSR count). The first-order valence-electron chi connectivity index (χ1n) is 4.03. The van der Waals surface area contributed by atoms with E-state index in [1.807, 2.05) is 0 Å². The van der Waals surface area contributed by atoms with Crippen LogP contribution in [0.1, 0.15) is 0 Å². The normalized spacial score (nSPS) is 19.1. The van der Waals surface area contributed by atoms with Crippen LogP contribution < -0.4 is 0 Å². The Bertz CT molecular complexity index is 253. The Hall–Kier alpha value is -0.760. The van der Waals surface area contributed by atoms with Crippen LogP contribution in [0.25, 0.3) is 0 Å². The molecule has 86 valence electrons. The minimum Gasteiger partial charge on any atom is -0.391 e. The number of hydrogen-bond acceptors (Lipinski definition) is 5. The van der Waals surface area contributed by atoms with Crippen molar-refractivity contribution in [1.29, 1.82) is 0 Å². The predicted octanol–water partition coefficient (Wildman–Crippen LogP) is 0.625. The van der Waals surface area contributed by atoms with Gasteiger partial charge in [-0.3, -0.25) is 14.5 Å². The number of carbonyl (C=O) groups excluding carboxylic acids is 2. The lowest BCUT2D eigenvalue weighted by Crippen LogP contribution is -2.43. The van der Waals surface area contributed by atoms with Gasteiger partial charge in [0, 0.05) is 12.3 Å². The van der Waals surface area contributed by atoms with Gasteiger partial charge in [-0.25, -0.2) is 0 Å². The van der Waals surface area contributed by atoms with Crippen LogP contribution in [0.4, 0.5) is 13.2 Å². The third-order valence-corrected chi connectivity index (χ3v) is 2.32. The summed E-state index contributed by atoms with van der Waals surface area (Å²) in [5.74, 6) is -1.64. The Balaban J connectivity index is 2.27. The second-order valence-corrected chi connectivity index (χ2v) is 4.01. The number of thioether (sulfide) groups is 1. The van der Waals surface area contributed by atoms with E-state index in [1.165, 1.54) is 4.90 Å². The Kier molecular flexibility index (Phi) is 3.97. The Morgan fingerprint density at radius 2 is 1.80 bits per heavy atom. The molecule has 0 radical (unpaired) electrons. The van der Waals surface area contributed by atoms with Crippen LogP contribution in [0, 0.1) is 0 Å². The van der Waals surface area contributed by atoms with Gasteiger partial charge < -0.3 is 4.74 Å². The maximum absolute atomic E-state index is 11.7. The molecule has 0 N–H and O–H groups in total. The maximum atomic E-state index is 11.7. The molecule has 0 amide bonds. The standard InChI is InChI=1S/C7H8F3NO3S/c8-7(9,10)15-2-1-11-3-5(12)14-6(13)4-11/h1-4H2. The first-order valence-corrected chi connectivity index (χ1v) is 5.02. The van der Waals surface area contributed by atoms with E-state index in [4.69, 9.17) is 0 Å². The van der Waals surface area contributed by atoms with Crippen molar-refractivity contribution in [3.05, 3.63) is 0 Å². The minimum atomic E-state index is -4.28. The summed E-state index contributed by atoms with van der Waals surface area (Å²) in [5.41, 5.74) is -4.28. The summed E-state index contributed by atoms with van der Waals surface area (Å²) in [7, 11) is 0. The number of alkyl halides is 3. The zero-order valence-electron chi connectivity index (χ0n) is 7.54. The highest BCUT2D eigenvalue weighted by Crippen LogP contribution is 2.29. The lowest BCUT2D eigenvalue weighted by atomic mass is 10.4. The first kappa shape index (κ1) is 12.3. The molecule has 1 saturated heterocycles. The smallest absolute Gasteiger partial charge is 0.391 e. The molecular formula is C7H8F3NO3S. The number of nitrogens with zero attached hydrogens (tertiary/aromatic N) is 1. The zero-order chi connectivity index (χ0) is 11.5. The summed E-state index contributed by atoms with van der Waals surface area (Å²) < 4.78 is 39.5. The molecule has 0 aromatic heterocycles. The van der Waals surface area contributed by atoms with Crippen molar-refractivity contribution in [2.45, 2.75) is 5.51 Å². The van der Waals surface area contributed by atoms with Gasteiger partial charge >= 0.3 is 17.4 Å². The quantitative estimate of drug-likeness (QED) is 0.537. The third kappa shape index (κ3) is 5.03. The van der Waals surface area contributed by atoms with Crippen LogP contribution in [0.3, 0.4) is 0 Å². The topological polar surface area (TPSA) is 46.6 Å². The van der Waals surface area contributed by atoms with E-state index in [9.17, 15) is 22.8 Å². The number of ether oxygens (including phenoxy) is 1. The molecule has 4 nitrogen and oxygen atoms in total. The number of esters is 2. The molecule has 0 aromatic carbocycles. The molecule has 0 aromatic rings. The lowest BCUT2D eigenvalue weighted by molar-refractivity contribution is -0.166. The largest absolute Gasteiger partial charge is 0.441 e. The van der Waals surface area contributed by atoms with E-state index in [0.29, 0.717) is 0 Å². The average Bonchev–Trinajstić information content (AvgIpc) is 1.99. The highest BCUT2D eigenvalue weighted by Gasteiger charge is 2.29. The molecule has 1 heterocycles. The number of cyclic esters (lactones) is 2. The van der Waals surface area contributed by atoms with E-state index in [0.717, 1.165) is 0 Å². The fourth-order valence-electron chi connectivity index (χ4n) is 1.06. The molecule has 0 atom stereocenters. The second kappa shape index (κ2) is 4.84. The van der Waals surface area contributed by atoms with Crippen molar-refractivity contribution in [3.63, 3.8) is 0 Å². The molecule has 8 heteroatoms. The Morgan fingerprint density at radius 1 is 1.27 bits per heavy atom. The van der Waals surface area contributed by atoms with Crippen molar-refractivity contribution in [3.8, 4) is 0 Å². The highest BCUT2D eigenvalue weighted by atomic mass is 32.2. The second-order valence-electron chi connectivity index (χ2n) is 2.85. The van der Waals surface area contributed by atoms with Crippen molar-refractivity contribution in [2.75, 3.05) is 25.4 Å². The van der Waals surface area contributed by atoms with Crippen LogP contribution in [0.5, 0.6) is 0 Å². The van der Waals surface area contributed by atoms with Crippen molar-refractivity contribution < 1.29 is 27.5 Å². The van der Waals surface area contributed by atoms with Crippen LogP contribution >= 0.6 is 11.8 Å². The van der Waals surface area contributed by atoms with Gasteiger partial charge in [0.15, 0.2) is 0 Å². The van der Waals surface area contributed by atoms with Gasteiger partial charge in [0.1, 0.15) is 0 Å². The van der Waals surface area contributed by atoms with Gasteiger partial charge in [0.05, 0.1) is 13.1 Å². The van der Waals surface area contributed by atoms with Crippen molar-refractivity contribution >= 4 is 23.7 Å². The van der Waals surface area contributed by atoms with Gasteiger partial charge in [-0.1, -0.05) is 0 Å². The molecule has 1 fully saturated rings. The monoisotopic (exact) mass is 243 g/mol. The van der Waals surface area contributed by atoms with E-state index in [2.05, 4.69) is 4.74 Å². The van der Waals surface area contributed by atoms with Gasteiger partial charge in [0.2, 0.25) is 0 Å². The highest BCUT2D eigenvalue weighted by molar-refractivity contribution is 8.00. The molecular weight excluding hydrogens is 235 g/mol. The van der Waals surface area contributed by atoms with Gasteiger partial charge in [-0.05, 0) is 11.8 Å². The maximum Gasteiger partial charge on any atom is 0.441 e. The van der Waals surface area contributed by atoms with Crippen LogP contribution in [0.15, 0.2) is 0 Å². The summed E-state index contributed by atoms with van der Waals surface area (Å²) in [6, 6.07) is 0.